The van der Waals surface area contributed by atoms with E-state index in [-0.39, 0.29) is 18.0 Å². The molecule has 0 amide bonds. The van der Waals surface area contributed by atoms with Crippen LogP contribution in [0, 0.1) is 0 Å². The monoisotopic (exact) mass is 157 g/mol. The molecule has 3 heteroatoms. The Morgan fingerprint density at radius 1 is 1.27 bits per heavy atom. The summed E-state index contributed by atoms with van der Waals surface area (Å²) in [6.45, 7) is 2.05. The van der Waals surface area contributed by atoms with Gasteiger partial charge in [-0.3, -0.25) is 9.59 Å². The first-order valence-corrected chi connectivity index (χ1v) is 3.88. The minimum atomic E-state index is -0.0530. The van der Waals surface area contributed by atoms with Crippen molar-refractivity contribution in [2.45, 2.75) is 32.6 Å². The second-order valence-corrected chi connectivity index (χ2v) is 2.66. The quantitative estimate of drug-likeness (QED) is 0.455. The molecule has 0 aromatic rings. The Bertz CT molecular complexity index is 143. The Morgan fingerprint density at radius 2 is 1.91 bits per heavy atom. The first-order chi connectivity index (χ1) is 5.16. The molecule has 0 aliphatic heterocycles. The topological polar surface area (TPSA) is 60.2 Å². The van der Waals surface area contributed by atoms with Crippen LogP contribution in [0.5, 0.6) is 0 Å². The number of Topliss-reactive ketones (excluding diaryl/α,β-unsaturated/α-hetero) is 2. The Hall–Kier alpha value is -0.700. The summed E-state index contributed by atoms with van der Waals surface area (Å²) in [5, 5.41) is 0. The normalized spacial score (nSPS) is 9.64. The van der Waals surface area contributed by atoms with Gasteiger partial charge in [0.1, 0.15) is 11.6 Å². The third-order valence-corrected chi connectivity index (χ3v) is 1.36. The van der Waals surface area contributed by atoms with Crippen LogP contribution in [0.4, 0.5) is 0 Å². The molecule has 0 rings (SSSR count). The largest absolute Gasteiger partial charge is 0.330 e. The smallest absolute Gasteiger partial charge is 0.140 e. The molecule has 0 unspecified atom stereocenters. The average Bonchev–Trinajstić information content (AvgIpc) is 1.86. The molecule has 0 heterocycles. The molecule has 0 aliphatic rings. The summed E-state index contributed by atoms with van der Waals surface area (Å²) >= 11 is 0. The lowest BCUT2D eigenvalue weighted by Crippen LogP contribution is -2.05. The molecule has 0 radical (unpaired) electrons. The maximum atomic E-state index is 10.9. The van der Waals surface area contributed by atoms with Crippen molar-refractivity contribution in [1.82, 2.24) is 0 Å². The van der Waals surface area contributed by atoms with Gasteiger partial charge in [-0.2, -0.15) is 0 Å². The van der Waals surface area contributed by atoms with Gasteiger partial charge < -0.3 is 5.73 Å². The summed E-state index contributed by atoms with van der Waals surface area (Å²) in [4.78, 5) is 21.3. The van der Waals surface area contributed by atoms with E-state index in [1.54, 1.807) is 0 Å². The summed E-state index contributed by atoms with van der Waals surface area (Å²) < 4.78 is 0. The minimum Gasteiger partial charge on any atom is -0.330 e. The molecule has 2 N–H and O–H groups in total. The SMILES string of the molecule is CC(=O)CC(=O)CCCCN. The maximum Gasteiger partial charge on any atom is 0.140 e. The Labute approximate surface area is 67.0 Å². The lowest BCUT2D eigenvalue weighted by molar-refractivity contribution is -0.125. The Kier molecular flexibility index (Phi) is 5.65. The number of ketones is 2. The lowest BCUT2D eigenvalue weighted by atomic mass is 10.1. The van der Waals surface area contributed by atoms with Crippen molar-refractivity contribution >= 4 is 11.6 Å². The van der Waals surface area contributed by atoms with E-state index in [4.69, 9.17) is 5.73 Å². The second kappa shape index (κ2) is 6.04. The molecule has 0 aromatic heterocycles. The molecule has 64 valence electrons. The van der Waals surface area contributed by atoms with E-state index in [1.165, 1.54) is 6.92 Å². The fourth-order valence-electron chi connectivity index (χ4n) is 0.833. The van der Waals surface area contributed by atoms with E-state index in [1.807, 2.05) is 0 Å². The zero-order valence-corrected chi connectivity index (χ0v) is 6.93. The van der Waals surface area contributed by atoms with Crippen LogP contribution in [0.1, 0.15) is 32.6 Å². The number of hydrogen-bond acceptors (Lipinski definition) is 3. The van der Waals surface area contributed by atoms with Crippen molar-refractivity contribution in [2.75, 3.05) is 6.54 Å². The molecule has 0 aromatic carbocycles. The lowest BCUT2D eigenvalue weighted by Gasteiger charge is -1.96. The van der Waals surface area contributed by atoms with Crippen molar-refractivity contribution in [3.05, 3.63) is 0 Å². The first kappa shape index (κ1) is 10.3. The van der Waals surface area contributed by atoms with E-state index < -0.39 is 0 Å². The van der Waals surface area contributed by atoms with Gasteiger partial charge in [0.2, 0.25) is 0 Å². The van der Waals surface area contributed by atoms with Crippen molar-refractivity contribution in [3.63, 3.8) is 0 Å². The fraction of sp³-hybridized carbons (Fsp3) is 0.750. The van der Waals surface area contributed by atoms with Crippen LogP contribution in [-0.2, 0) is 9.59 Å². The summed E-state index contributed by atoms with van der Waals surface area (Å²) in [6.07, 6.45) is 2.26. The highest BCUT2D eigenvalue weighted by atomic mass is 16.1. The molecule has 0 fully saturated rings. The molecule has 0 bridgehead atoms. The van der Waals surface area contributed by atoms with Crippen LogP contribution in [0.15, 0.2) is 0 Å². The molecule has 0 atom stereocenters. The standard InChI is InChI=1S/C8H15NO2/c1-7(10)6-8(11)4-2-3-5-9/h2-6,9H2,1H3. The van der Waals surface area contributed by atoms with E-state index in [0.717, 1.165) is 12.8 Å². The molecule has 0 saturated heterocycles. The first-order valence-electron chi connectivity index (χ1n) is 3.88. The number of carbonyl (C=O) groups excluding carboxylic acids is 2. The average molecular weight is 157 g/mol. The van der Waals surface area contributed by atoms with Crippen molar-refractivity contribution in [1.29, 1.82) is 0 Å². The van der Waals surface area contributed by atoms with Gasteiger partial charge in [0.05, 0.1) is 6.42 Å². The molecule has 0 spiro atoms. The second-order valence-electron chi connectivity index (χ2n) is 2.66. The zero-order chi connectivity index (χ0) is 8.69. The summed E-state index contributed by atoms with van der Waals surface area (Å²) in [6, 6.07) is 0. The zero-order valence-electron chi connectivity index (χ0n) is 6.93. The number of nitrogens with two attached hydrogens (primary N) is 1. The van der Waals surface area contributed by atoms with Crippen molar-refractivity contribution in [2.24, 2.45) is 5.73 Å². The van der Waals surface area contributed by atoms with Crippen LogP contribution in [-0.4, -0.2) is 18.1 Å². The molecule has 0 aliphatic carbocycles. The number of rotatable bonds is 6. The molecule has 11 heavy (non-hydrogen) atoms. The third-order valence-electron chi connectivity index (χ3n) is 1.36. The number of carbonyl (C=O) groups is 2. The van der Waals surface area contributed by atoms with Crippen LogP contribution in [0.3, 0.4) is 0 Å². The van der Waals surface area contributed by atoms with E-state index in [2.05, 4.69) is 0 Å². The Morgan fingerprint density at radius 3 is 2.36 bits per heavy atom. The predicted octanol–water partition coefficient (Wildman–Crippen LogP) is 0.664. The van der Waals surface area contributed by atoms with Gasteiger partial charge in [-0.1, -0.05) is 0 Å². The van der Waals surface area contributed by atoms with E-state index >= 15 is 0 Å². The minimum absolute atomic E-state index is 0.0333. The van der Waals surface area contributed by atoms with Crippen LogP contribution in [0.2, 0.25) is 0 Å². The fourth-order valence-corrected chi connectivity index (χ4v) is 0.833. The van der Waals surface area contributed by atoms with Crippen molar-refractivity contribution < 1.29 is 9.59 Å². The van der Waals surface area contributed by atoms with Gasteiger partial charge in [0.25, 0.3) is 0 Å². The van der Waals surface area contributed by atoms with Crippen molar-refractivity contribution in [3.8, 4) is 0 Å². The van der Waals surface area contributed by atoms with Gasteiger partial charge in [-0.05, 0) is 26.3 Å². The van der Waals surface area contributed by atoms with E-state index in [0.29, 0.717) is 13.0 Å². The van der Waals surface area contributed by atoms with Gasteiger partial charge in [-0.25, -0.2) is 0 Å². The van der Waals surface area contributed by atoms with Gasteiger partial charge in [-0.15, -0.1) is 0 Å². The highest BCUT2D eigenvalue weighted by molar-refractivity contribution is 5.97. The molecular weight excluding hydrogens is 142 g/mol. The van der Waals surface area contributed by atoms with Crippen LogP contribution in [0.25, 0.3) is 0 Å². The molecule has 0 saturated carbocycles. The summed E-state index contributed by atoms with van der Waals surface area (Å²) in [5.74, 6) is -0.0197. The highest BCUT2D eigenvalue weighted by Gasteiger charge is 2.03. The van der Waals surface area contributed by atoms with E-state index in [9.17, 15) is 9.59 Å². The Balaban J connectivity index is 3.30. The predicted molar refractivity (Wildman–Crippen MR) is 43.2 cm³/mol. The summed E-state index contributed by atoms with van der Waals surface area (Å²) in [5.41, 5.74) is 5.24. The third kappa shape index (κ3) is 7.19. The molecular formula is C8H15NO2. The van der Waals surface area contributed by atoms with Gasteiger partial charge >= 0.3 is 0 Å². The van der Waals surface area contributed by atoms with Crippen LogP contribution < -0.4 is 5.73 Å². The van der Waals surface area contributed by atoms with Crippen LogP contribution >= 0.6 is 0 Å². The number of hydrogen-bond donors (Lipinski definition) is 1. The van der Waals surface area contributed by atoms with Gasteiger partial charge in [0, 0.05) is 6.42 Å². The highest BCUT2D eigenvalue weighted by Crippen LogP contribution is 1.98. The number of unbranched alkanes of at least 4 members (excludes halogenated alkanes) is 1. The van der Waals surface area contributed by atoms with Gasteiger partial charge in [0.15, 0.2) is 0 Å². The summed E-state index contributed by atoms with van der Waals surface area (Å²) in [7, 11) is 0. The molecule has 3 nitrogen and oxygen atoms in total. The maximum absolute atomic E-state index is 10.9.